The number of aromatic amines is 1. The Hall–Kier alpha value is -1.81. The van der Waals surface area contributed by atoms with Gasteiger partial charge in [0.15, 0.2) is 0 Å². The molecule has 102 valence electrons. The number of likely N-dealkylation sites (N-methyl/N-ethyl adjacent to an activating group) is 1. The van der Waals surface area contributed by atoms with Gasteiger partial charge in [0.05, 0.1) is 0 Å². The Morgan fingerprint density at radius 1 is 1.32 bits per heavy atom. The molecule has 1 heterocycles. The van der Waals surface area contributed by atoms with Crippen LogP contribution in [-0.2, 0) is 6.61 Å². The van der Waals surface area contributed by atoms with Gasteiger partial charge < -0.3 is 10.1 Å². The molecule has 0 spiro atoms. The van der Waals surface area contributed by atoms with Gasteiger partial charge in [0, 0.05) is 18.3 Å². The van der Waals surface area contributed by atoms with E-state index < -0.39 is 0 Å². The molecule has 1 aromatic heterocycles. The molecular weight excluding hydrogens is 238 g/mol. The summed E-state index contributed by atoms with van der Waals surface area (Å²) in [6.45, 7) is 5.71. The van der Waals surface area contributed by atoms with Crippen LogP contribution in [0.1, 0.15) is 29.7 Å². The molecule has 2 N–H and O–H groups in total. The number of rotatable bonds is 6. The summed E-state index contributed by atoms with van der Waals surface area (Å²) in [5.74, 6) is 1.17. The zero-order chi connectivity index (χ0) is 13.7. The van der Waals surface area contributed by atoms with Gasteiger partial charge in [-0.1, -0.05) is 31.2 Å². The molecule has 0 fully saturated rings. The molecule has 0 saturated carbocycles. The first-order valence-corrected chi connectivity index (χ1v) is 6.57. The molecule has 2 rings (SSSR count). The van der Waals surface area contributed by atoms with E-state index >= 15 is 0 Å². The van der Waals surface area contributed by atoms with Gasteiger partial charge in [0.1, 0.15) is 6.61 Å². The lowest BCUT2D eigenvalue weighted by molar-refractivity contribution is 0.293. The number of H-pyrrole nitrogens is 1. The normalized spacial score (nSPS) is 12.4. The predicted octanol–water partition coefficient (Wildman–Crippen LogP) is 2.62. The Balaban J connectivity index is 1.91. The molecule has 4 nitrogen and oxygen atoms in total. The van der Waals surface area contributed by atoms with Crippen LogP contribution in [0.5, 0.6) is 5.88 Å². The Kier molecular flexibility index (Phi) is 4.58. The molecule has 0 aliphatic rings. The van der Waals surface area contributed by atoms with Crippen LogP contribution in [0.3, 0.4) is 0 Å². The number of aromatic nitrogens is 2. The topological polar surface area (TPSA) is 49.9 Å². The lowest BCUT2D eigenvalue weighted by atomic mass is 10.00. The SMILES string of the molecule is CNCC(C)c1ccc(COc2cc(C)[nH]n2)cc1. The number of nitrogens with one attached hydrogen (secondary N) is 2. The van der Waals surface area contributed by atoms with Gasteiger partial charge in [0.2, 0.25) is 5.88 Å². The summed E-state index contributed by atoms with van der Waals surface area (Å²) in [5.41, 5.74) is 3.50. The van der Waals surface area contributed by atoms with E-state index in [2.05, 4.69) is 46.7 Å². The van der Waals surface area contributed by atoms with E-state index in [1.54, 1.807) is 0 Å². The maximum Gasteiger partial charge on any atom is 0.233 e. The molecule has 0 aliphatic heterocycles. The fraction of sp³-hybridized carbons (Fsp3) is 0.400. The number of hydrogen-bond donors (Lipinski definition) is 2. The van der Waals surface area contributed by atoms with Gasteiger partial charge in [-0.25, -0.2) is 0 Å². The van der Waals surface area contributed by atoms with Crippen LogP contribution in [0.25, 0.3) is 0 Å². The highest BCUT2D eigenvalue weighted by molar-refractivity contribution is 5.25. The van der Waals surface area contributed by atoms with Crippen LogP contribution in [-0.4, -0.2) is 23.8 Å². The van der Waals surface area contributed by atoms with Crippen LogP contribution in [0, 0.1) is 6.92 Å². The summed E-state index contributed by atoms with van der Waals surface area (Å²) < 4.78 is 5.61. The monoisotopic (exact) mass is 259 g/mol. The highest BCUT2D eigenvalue weighted by Crippen LogP contribution is 2.16. The van der Waals surface area contributed by atoms with Crippen LogP contribution in [0.2, 0.25) is 0 Å². The third-order valence-corrected chi connectivity index (χ3v) is 3.13. The maximum absolute atomic E-state index is 5.61. The third-order valence-electron chi connectivity index (χ3n) is 3.13. The van der Waals surface area contributed by atoms with E-state index in [0.29, 0.717) is 18.4 Å². The van der Waals surface area contributed by atoms with Crippen molar-refractivity contribution in [3.8, 4) is 5.88 Å². The first-order valence-electron chi connectivity index (χ1n) is 6.57. The number of nitrogens with zero attached hydrogens (tertiary/aromatic N) is 1. The molecule has 0 radical (unpaired) electrons. The predicted molar refractivity (Wildman–Crippen MR) is 76.4 cm³/mol. The Bertz CT molecular complexity index is 504. The van der Waals surface area contributed by atoms with E-state index in [0.717, 1.165) is 17.8 Å². The first kappa shape index (κ1) is 13.6. The maximum atomic E-state index is 5.61. The van der Waals surface area contributed by atoms with Crippen molar-refractivity contribution in [3.05, 3.63) is 47.2 Å². The Morgan fingerprint density at radius 3 is 2.63 bits per heavy atom. The van der Waals surface area contributed by atoms with Gasteiger partial charge in [-0.2, -0.15) is 0 Å². The average Bonchev–Trinajstić information content (AvgIpc) is 2.83. The molecule has 1 aromatic carbocycles. The molecule has 0 bridgehead atoms. The largest absolute Gasteiger partial charge is 0.472 e. The zero-order valence-corrected chi connectivity index (χ0v) is 11.7. The molecule has 1 atom stereocenters. The summed E-state index contributed by atoms with van der Waals surface area (Å²) in [4.78, 5) is 0. The summed E-state index contributed by atoms with van der Waals surface area (Å²) in [6, 6.07) is 10.4. The Morgan fingerprint density at radius 2 is 2.05 bits per heavy atom. The van der Waals surface area contributed by atoms with Gasteiger partial charge in [-0.3, -0.25) is 5.10 Å². The van der Waals surface area contributed by atoms with E-state index in [1.165, 1.54) is 5.56 Å². The van der Waals surface area contributed by atoms with Crippen molar-refractivity contribution in [1.29, 1.82) is 0 Å². The molecule has 1 unspecified atom stereocenters. The smallest absolute Gasteiger partial charge is 0.233 e. The molecule has 4 heteroatoms. The minimum absolute atomic E-state index is 0.522. The van der Waals surface area contributed by atoms with E-state index in [-0.39, 0.29) is 0 Å². The lowest BCUT2D eigenvalue weighted by Gasteiger charge is -2.11. The standard InChI is InChI=1S/C15H21N3O/c1-11(9-16-3)14-6-4-13(5-7-14)10-19-15-8-12(2)17-18-15/h4-8,11,16H,9-10H2,1-3H3,(H,17,18). The van der Waals surface area contributed by atoms with Crippen molar-refractivity contribution < 1.29 is 4.74 Å². The minimum atomic E-state index is 0.522. The van der Waals surface area contributed by atoms with Crippen LogP contribution >= 0.6 is 0 Å². The number of benzene rings is 1. The zero-order valence-electron chi connectivity index (χ0n) is 11.7. The van der Waals surface area contributed by atoms with Gasteiger partial charge in [-0.05, 0) is 31.0 Å². The van der Waals surface area contributed by atoms with Crippen LogP contribution < -0.4 is 10.1 Å². The van der Waals surface area contributed by atoms with Crippen molar-refractivity contribution in [1.82, 2.24) is 15.5 Å². The quantitative estimate of drug-likeness (QED) is 0.838. The van der Waals surface area contributed by atoms with Crippen molar-refractivity contribution in [2.45, 2.75) is 26.4 Å². The second-order valence-corrected chi connectivity index (χ2v) is 4.88. The molecular formula is C15H21N3O. The van der Waals surface area contributed by atoms with E-state index in [1.807, 2.05) is 20.0 Å². The number of aryl methyl sites for hydroxylation is 1. The highest BCUT2D eigenvalue weighted by atomic mass is 16.5. The number of hydrogen-bond acceptors (Lipinski definition) is 3. The summed E-state index contributed by atoms with van der Waals surface area (Å²) >= 11 is 0. The van der Waals surface area contributed by atoms with Crippen molar-refractivity contribution in [2.24, 2.45) is 0 Å². The molecule has 0 aliphatic carbocycles. The molecule has 0 saturated heterocycles. The minimum Gasteiger partial charge on any atom is -0.472 e. The second-order valence-electron chi connectivity index (χ2n) is 4.88. The van der Waals surface area contributed by atoms with Crippen molar-refractivity contribution in [2.75, 3.05) is 13.6 Å². The van der Waals surface area contributed by atoms with Crippen LogP contribution in [0.4, 0.5) is 0 Å². The van der Waals surface area contributed by atoms with Gasteiger partial charge in [0.25, 0.3) is 0 Å². The third kappa shape index (κ3) is 3.83. The first-order chi connectivity index (χ1) is 9.19. The van der Waals surface area contributed by atoms with Gasteiger partial charge in [-0.15, -0.1) is 5.10 Å². The lowest BCUT2D eigenvalue weighted by Crippen LogP contribution is -2.14. The molecule has 0 amide bonds. The van der Waals surface area contributed by atoms with E-state index in [4.69, 9.17) is 4.74 Å². The summed E-state index contributed by atoms with van der Waals surface area (Å²) in [7, 11) is 1.98. The average molecular weight is 259 g/mol. The molecule has 19 heavy (non-hydrogen) atoms. The fourth-order valence-corrected chi connectivity index (χ4v) is 1.99. The second kappa shape index (κ2) is 6.38. The summed E-state index contributed by atoms with van der Waals surface area (Å²) in [6.07, 6.45) is 0. The van der Waals surface area contributed by atoms with E-state index in [9.17, 15) is 0 Å². The molecule has 2 aromatic rings. The highest BCUT2D eigenvalue weighted by Gasteiger charge is 2.04. The fourth-order valence-electron chi connectivity index (χ4n) is 1.99. The van der Waals surface area contributed by atoms with Crippen molar-refractivity contribution >= 4 is 0 Å². The van der Waals surface area contributed by atoms with Crippen LogP contribution in [0.15, 0.2) is 30.3 Å². The Labute approximate surface area is 114 Å². The summed E-state index contributed by atoms with van der Waals surface area (Å²) in [5, 5.41) is 10.1. The van der Waals surface area contributed by atoms with Crippen molar-refractivity contribution in [3.63, 3.8) is 0 Å². The number of ether oxygens (including phenoxy) is 1. The van der Waals surface area contributed by atoms with Gasteiger partial charge >= 0.3 is 0 Å².